The lowest BCUT2D eigenvalue weighted by Gasteiger charge is -2.32. The van der Waals surface area contributed by atoms with Gasteiger partial charge in [-0.3, -0.25) is 19.0 Å². The van der Waals surface area contributed by atoms with Crippen LogP contribution in [0, 0.1) is 25.5 Å². The van der Waals surface area contributed by atoms with E-state index < -0.39 is 89.2 Å². The third-order valence-electron chi connectivity index (χ3n) is 9.72. The molecule has 8 nitrogen and oxygen atoms in total. The van der Waals surface area contributed by atoms with Crippen molar-refractivity contribution in [3.63, 3.8) is 0 Å². The highest BCUT2D eigenvalue weighted by Crippen LogP contribution is 2.38. The molecule has 1 saturated heterocycles. The van der Waals surface area contributed by atoms with Gasteiger partial charge in [0.05, 0.1) is 24.6 Å². The molecule has 0 aliphatic carbocycles. The number of phenols is 1. The van der Waals surface area contributed by atoms with Crippen LogP contribution >= 0.6 is 15.9 Å². The molecule has 3 aromatic carbocycles. The predicted octanol–water partition coefficient (Wildman–Crippen LogP) is 8.57. The minimum absolute atomic E-state index is 0.0684. The molecule has 2 N–H and O–H groups in total. The van der Waals surface area contributed by atoms with Crippen LogP contribution in [0.3, 0.4) is 0 Å². The van der Waals surface area contributed by atoms with Crippen molar-refractivity contribution in [3.05, 3.63) is 121 Å². The van der Waals surface area contributed by atoms with Gasteiger partial charge in [-0.15, -0.1) is 0 Å². The predicted molar refractivity (Wildman–Crippen MR) is 197 cm³/mol. The summed E-state index contributed by atoms with van der Waals surface area (Å²) >= 11 is 3.21. The van der Waals surface area contributed by atoms with Crippen molar-refractivity contribution in [2.24, 2.45) is 0 Å². The molecule has 5 rings (SSSR count). The lowest BCUT2D eigenvalue weighted by atomic mass is 9.92. The molecule has 56 heavy (non-hydrogen) atoms. The second-order valence-corrected chi connectivity index (χ2v) is 14.6. The van der Waals surface area contributed by atoms with Crippen molar-refractivity contribution >= 4 is 27.8 Å². The average Bonchev–Trinajstić information content (AvgIpc) is 3.11. The Morgan fingerprint density at radius 1 is 1.00 bits per heavy atom. The Morgan fingerprint density at radius 2 is 1.70 bits per heavy atom. The standard InChI is InChI=1S/C40H39BrF7N3O5/c1-4-56-34(54)20-31(28-17-25(16-23(3)36(28)43)35-22(2)6-5-7-32(35)52)49-38(55)37(27-18-26(41)8-9-30(27)42)51-21-24(29(19-33(51)53)40(46,47)48)10-13-50-14-11-39(44,45)12-15-50/h5-9,16-19,21,31,37,52H,4,10-15,20H2,1-3H3,(H,49,55)/t31-,37?/m0/s1. The smallest absolute Gasteiger partial charge is 0.416 e. The average molecular weight is 855 g/mol. The first-order valence-corrected chi connectivity index (χ1v) is 18.5. The summed E-state index contributed by atoms with van der Waals surface area (Å²) in [7, 11) is 0. The molecular formula is C40H39BrF7N3O5. The fourth-order valence-corrected chi connectivity index (χ4v) is 7.26. The van der Waals surface area contributed by atoms with Crippen molar-refractivity contribution < 1.29 is 50.2 Å². The van der Waals surface area contributed by atoms with E-state index in [0.29, 0.717) is 21.3 Å². The molecule has 2 atom stereocenters. The van der Waals surface area contributed by atoms with E-state index in [-0.39, 0.29) is 60.1 Å². The number of phenolic OH excluding ortho intramolecular Hbond substituents is 1. The summed E-state index contributed by atoms with van der Waals surface area (Å²) in [4.78, 5) is 42.6. The Hall–Kier alpha value is -4.70. The van der Waals surface area contributed by atoms with Crippen molar-refractivity contribution in [2.45, 2.75) is 70.6 Å². The van der Waals surface area contributed by atoms with Crippen LogP contribution in [0.5, 0.6) is 5.75 Å². The van der Waals surface area contributed by atoms with Crippen LogP contribution in [0.15, 0.2) is 70.1 Å². The van der Waals surface area contributed by atoms with Gasteiger partial charge in [0.15, 0.2) is 0 Å². The second kappa shape index (κ2) is 17.2. The maximum Gasteiger partial charge on any atom is 0.416 e. The number of pyridine rings is 1. The molecule has 1 aliphatic rings. The molecule has 0 spiro atoms. The molecule has 1 aliphatic heterocycles. The zero-order chi connectivity index (χ0) is 41.1. The number of piperidine rings is 1. The zero-order valence-corrected chi connectivity index (χ0v) is 32.2. The van der Waals surface area contributed by atoms with Crippen molar-refractivity contribution in [3.8, 4) is 16.9 Å². The number of rotatable bonds is 12. The number of benzene rings is 3. The fourth-order valence-electron chi connectivity index (χ4n) is 6.88. The van der Waals surface area contributed by atoms with Gasteiger partial charge in [-0.2, -0.15) is 13.2 Å². The van der Waals surface area contributed by atoms with E-state index in [2.05, 4.69) is 21.2 Å². The number of nitrogens with one attached hydrogen (secondary N) is 1. The Morgan fingerprint density at radius 3 is 2.34 bits per heavy atom. The Balaban J connectivity index is 1.64. The molecule has 0 saturated carbocycles. The molecule has 1 aromatic heterocycles. The van der Waals surface area contributed by atoms with E-state index in [9.17, 15) is 41.4 Å². The van der Waals surface area contributed by atoms with Gasteiger partial charge in [-0.05, 0) is 85.8 Å². The molecule has 0 bridgehead atoms. The first kappa shape index (κ1) is 42.4. The summed E-state index contributed by atoms with van der Waals surface area (Å²) in [6.07, 6.45) is -6.23. The van der Waals surface area contributed by atoms with Crippen LogP contribution in [0.4, 0.5) is 30.7 Å². The highest BCUT2D eigenvalue weighted by molar-refractivity contribution is 9.10. The summed E-state index contributed by atoms with van der Waals surface area (Å²) in [5.74, 6) is -6.94. The summed E-state index contributed by atoms with van der Waals surface area (Å²) in [5, 5.41) is 13.2. The normalized spacial score (nSPS) is 15.6. The molecule has 0 radical (unpaired) electrons. The lowest BCUT2D eigenvalue weighted by molar-refractivity contribution is -0.144. The van der Waals surface area contributed by atoms with Gasteiger partial charge >= 0.3 is 12.1 Å². The molecule has 4 aromatic rings. The third-order valence-corrected chi connectivity index (χ3v) is 10.2. The van der Waals surface area contributed by atoms with Gasteiger partial charge in [0.2, 0.25) is 5.91 Å². The number of ether oxygens (including phenoxy) is 1. The molecule has 1 amide bonds. The van der Waals surface area contributed by atoms with Crippen LogP contribution < -0.4 is 10.9 Å². The number of aryl methyl sites for hydroxylation is 2. The summed E-state index contributed by atoms with van der Waals surface area (Å²) in [6, 6.07) is 7.70. The molecule has 1 fully saturated rings. The maximum absolute atomic E-state index is 16.1. The molecule has 2 heterocycles. The Bertz CT molecular complexity index is 2150. The Kier molecular flexibility index (Phi) is 13.0. The van der Waals surface area contributed by atoms with E-state index >= 15 is 8.78 Å². The largest absolute Gasteiger partial charge is 0.507 e. The quantitative estimate of drug-likeness (QED) is 0.110. The first-order valence-electron chi connectivity index (χ1n) is 17.7. The van der Waals surface area contributed by atoms with Crippen molar-refractivity contribution in [1.82, 2.24) is 14.8 Å². The number of alkyl halides is 5. The SMILES string of the molecule is CCOC(=O)C[C@H](NC(=O)C(c1cc(Br)ccc1F)n1cc(CCN2CCC(F)(F)CC2)c(C(F)(F)F)cc1=O)c1cc(-c2c(C)cccc2O)cc(C)c1F. The number of aromatic nitrogens is 1. The number of hydrogen-bond donors (Lipinski definition) is 2. The van der Waals surface area contributed by atoms with E-state index in [0.717, 1.165) is 18.3 Å². The summed E-state index contributed by atoms with van der Waals surface area (Å²) in [5.41, 5.74) is -2.44. The van der Waals surface area contributed by atoms with Crippen LogP contribution in [0.2, 0.25) is 0 Å². The number of hydrogen-bond acceptors (Lipinski definition) is 6. The fraction of sp³-hybridized carbons (Fsp3) is 0.375. The maximum atomic E-state index is 16.1. The van der Waals surface area contributed by atoms with E-state index in [1.165, 1.54) is 38.1 Å². The van der Waals surface area contributed by atoms with Gasteiger partial charge in [0, 0.05) is 65.9 Å². The highest BCUT2D eigenvalue weighted by atomic mass is 79.9. The number of halogens is 8. The molecule has 16 heteroatoms. The van der Waals surface area contributed by atoms with Crippen LogP contribution in [-0.2, 0) is 26.9 Å². The van der Waals surface area contributed by atoms with Gasteiger partial charge in [-0.1, -0.05) is 28.1 Å². The first-order chi connectivity index (χ1) is 26.3. The number of likely N-dealkylation sites (tertiary alicyclic amines) is 1. The zero-order valence-electron chi connectivity index (χ0n) is 30.6. The molecule has 1 unspecified atom stereocenters. The summed E-state index contributed by atoms with van der Waals surface area (Å²) in [6.45, 7) is 4.34. The van der Waals surface area contributed by atoms with Crippen molar-refractivity contribution in [1.29, 1.82) is 0 Å². The minimum atomic E-state index is -5.03. The van der Waals surface area contributed by atoms with E-state index in [4.69, 9.17) is 4.74 Å². The number of carbonyl (C=O) groups is 2. The van der Waals surface area contributed by atoms with E-state index in [1.807, 2.05) is 0 Å². The topological polar surface area (TPSA) is 101 Å². The van der Waals surface area contributed by atoms with Crippen molar-refractivity contribution in [2.75, 3.05) is 26.2 Å². The number of esters is 1. The molecule has 300 valence electrons. The summed E-state index contributed by atoms with van der Waals surface area (Å²) < 4.78 is 108. The molecular weight excluding hydrogens is 815 g/mol. The van der Waals surface area contributed by atoms with Gasteiger partial charge in [-0.25, -0.2) is 17.6 Å². The van der Waals surface area contributed by atoms with Crippen LogP contribution in [0.25, 0.3) is 11.1 Å². The lowest BCUT2D eigenvalue weighted by Crippen LogP contribution is -2.42. The monoisotopic (exact) mass is 853 g/mol. The number of amides is 1. The van der Waals surface area contributed by atoms with Gasteiger partial charge < -0.3 is 20.1 Å². The number of aromatic hydroxyl groups is 1. The van der Waals surface area contributed by atoms with Crippen LogP contribution in [-0.4, -0.2) is 58.6 Å². The van der Waals surface area contributed by atoms with Gasteiger partial charge in [0.25, 0.3) is 11.5 Å². The second-order valence-electron chi connectivity index (χ2n) is 13.7. The number of carbonyl (C=O) groups excluding carboxylic acids is 2. The highest BCUT2D eigenvalue weighted by Gasteiger charge is 2.38. The third kappa shape index (κ3) is 9.81. The number of nitrogens with zero attached hydrogens (tertiary/aromatic N) is 2. The van der Waals surface area contributed by atoms with Crippen LogP contribution in [0.1, 0.15) is 71.7 Å². The van der Waals surface area contributed by atoms with E-state index in [1.54, 1.807) is 24.0 Å². The van der Waals surface area contributed by atoms with Gasteiger partial charge in [0.1, 0.15) is 23.4 Å². The Labute approximate surface area is 326 Å². The minimum Gasteiger partial charge on any atom is -0.507 e.